The van der Waals surface area contributed by atoms with Crippen LogP contribution in [-0.4, -0.2) is 69.0 Å². The van der Waals surface area contributed by atoms with Crippen LogP contribution in [0.25, 0.3) is 0 Å². The Balaban J connectivity index is 1.90. The normalized spacial score (nSPS) is 26.7. The maximum atomic E-state index is 14.9. The SMILES string of the molecule is CC(O)[C@H]1O[C@@H](Oc2cc(CO)cc(F)c2Cc2ccc(CCF)cc2)[C@H](O)[C@@H](O)[C@@H]1O. The van der Waals surface area contributed by atoms with Crippen molar-refractivity contribution in [3.63, 3.8) is 0 Å². The molecule has 0 spiro atoms. The van der Waals surface area contributed by atoms with E-state index in [0.29, 0.717) is 0 Å². The zero-order valence-corrected chi connectivity index (χ0v) is 17.6. The van der Waals surface area contributed by atoms with E-state index in [4.69, 9.17) is 9.47 Å². The Kier molecular flexibility index (Phi) is 8.16. The fraction of sp³-hybridized carbons (Fsp3) is 0.478. The average molecular weight is 454 g/mol. The number of aliphatic hydroxyl groups excluding tert-OH is 5. The Hall–Kier alpha value is -2.14. The molecule has 5 N–H and O–H groups in total. The number of halogens is 2. The van der Waals surface area contributed by atoms with E-state index in [9.17, 15) is 34.3 Å². The molecule has 2 aromatic carbocycles. The standard InChI is InChI=1S/C23H28F2O7/c1-12(27)22-20(29)19(28)21(30)23(32-22)31-18-10-15(11-26)9-17(25)16(18)8-14-4-2-13(3-5-14)6-7-24/h2-5,9-10,12,19-23,26-30H,6-8,11H2,1H3/t12?,19-,20-,21+,22+,23+/m0/s1. The van der Waals surface area contributed by atoms with Gasteiger partial charge < -0.3 is 35.0 Å². The first-order valence-electron chi connectivity index (χ1n) is 10.4. The summed E-state index contributed by atoms with van der Waals surface area (Å²) in [5, 5.41) is 49.8. The van der Waals surface area contributed by atoms with E-state index in [1.807, 2.05) is 0 Å². The van der Waals surface area contributed by atoms with Crippen molar-refractivity contribution < 1.29 is 43.8 Å². The van der Waals surface area contributed by atoms with Crippen molar-refractivity contribution in [1.82, 2.24) is 0 Å². The molecule has 6 atom stereocenters. The Labute approximate surface area is 184 Å². The predicted molar refractivity (Wildman–Crippen MR) is 110 cm³/mol. The highest BCUT2D eigenvalue weighted by Crippen LogP contribution is 2.31. The highest BCUT2D eigenvalue weighted by atomic mass is 19.1. The molecule has 2 aromatic rings. The van der Waals surface area contributed by atoms with E-state index >= 15 is 0 Å². The van der Waals surface area contributed by atoms with Gasteiger partial charge in [0, 0.05) is 18.4 Å². The summed E-state index contributed by atoms with van der Waals surface area (Å²) in [6.45, 7) is 0.406. The summed E-state index contributed by atoms with van der Waals surface area (Å²) >= 11 is 0. The minimum atomic E-state index is -1.67. The number of aliphatic hydroxyl groups is 5. The van der Waals surface area contributed by atoms with Gasteiger partial charge in [-0.25, -0.2) is 4.39 Å². The smallest absolute Gasteiger partial charge is 0.229 e. The predicted octanol–water partition coefficient (Wildman–Crippen LogP) is 0.988. The van der Waals surface area contributed by atoms with Crippen molar-refractivity contribution in [3.05, 3.63) is 64.5 Å². The summed E-state index contributed by atoms with van der Waals surface area (Å²) < 4.78 is 38.6. The number of rotatable bonds is 8. The molecule has 3 rings (SSSR count). The maximum Gasteiger partial charge on any atom is 0.229 e. The van der Waals surface area contributed by atoms with Crippen LogP contribution in [0.3, 0.4) is 0 Å². The molecular formula is C23H28F2O7. The lowest BCUT2D eigenvalue weighted by Gasteiger charge is -2.41. The van der Waals surface area contributed by atoms with Crippen molar-refractivity contribution in [2.45, 2.75) is 63.2 Å². The molecule has 1 aliphatic rings. The third-order valence-corrected chi connectivity index (χ3v) is 5.51. The Morgan fingerprint density at radius 1 is 1.00 bits per heavy atom. The zero-order chi connectivity index (χ0) is 23.4. The van der Waals surface area contributed by atoms with Crippen LogP contribution in [0.15, 0.2) is 36.4 Å². The van der Waals surface area contributed by atoms with E-state index in [-0.39, 0.29) is 29.7 Å². The second kappa shape index (κ2) is 10.7. The molecule has 1 heterocycles. The quantitative estimate of drug-likeness (QED) is 0.404. The van der Waals surface area contributed by atoms with Crippen molar-refractivity contribution >= 4 is 0 Å². The number of benzene rings is 2. The van der Waals surface area contributed by atoms with Crippen LogP contribution in [0.1, 0.15) is 29.2 Å². The number of hydrogen-bond acceptors (Lipinski definition) is 7. The summed E-state index contributed by atoms with van der Waals surface area (Å²) in [5.74, 6) is -0.684. The Bertz CT molecular complexity index is 891. The van der Waals surface area contributed by atoms with Gasteiger partial charge in [-0.05, 0) is 35.7 Å². The van der Waals surface area contributed by atoms with Gasteiger partial charge in [-0.2, -0.15) is 0 Å². The summed E-state index contributed by atoms with van der Waals surface area (Å²) in [5.41, 5.74) is 1.86. The van der Waals surface area contributed by atoms with Crippen LogP contribution in [0.2, 0.25) is 0 Å². The van der Waals surface area contributed by atoms with Crippen molar-refractivity contribution in [3.8, 4) is 5.75 Å². The van der Waals surface area contributed by atoms with E-state index in [1.165, 1.54) is 13.0 Å². The fourth-order valence-electron chi connectivity index (χ4n) is 3.66. The second-order valence-electron chi connectivity index (χ2n) is 7.94. The fourth-order valence-corrected chi connectivity index (χ4v) is 3.66. The summed E-state index contributed by atoms with van der Waals surface area (Å²) in [7, 11) is 0. The minimum absolute atomic E-state index is 0.0288. The molecule has 0 amide bonds. The van der Waals surface area contributed by atoms with Gasteiger partial charge in [-0.15, -0.1) is 0 Å². The van der Waals surface area contributed by atoms with Crippen molar-refractivity contribution in [2.24, 2.45) is 0 Å². The lowest BCUT2D eigenvalue weighted by Crippen LogP contribution is -2.61. The molecular weight excluding hydrogens is 426 g/mol. The van der Waals surface area contributed by atoms with Gasteiger partial charge in [-0.3, -0.25) is 4.39 Å². The minimum Gasteiger partial charge on any atom is -0.462 e. The molecule has 0 radical (unpaired) electrons. The van der Waals surface area contributed by atoms with Gasteiger partial charge >= 0.3 is 0 Å². The third-order valence-electron chi connectivity index (χ3n) is 5.51. The molecule has 1 saturated heterocycles. The van der Waals surface area contributed by atoms with Crippen LogP contribution in [0.5, 0.6) is 5.75 Å². The first kappa shape index (κ1) is 24.5. The molecule has 1 aliphatic heterocycles. The second-order valence-corrected chi connectivity index (χ2v) is 7.94. The lowest BCUT2D eigenvalue weighted by atomic mass is 9.96. The van der Waals surface area contributed by atoms with Crippen LogP contribution < -0.4 is 4.74 Å². The molecule has 32 heavy (non-hydrogen) atoms. The highest BCUT2D eigenvalue weighted by Gasteiger charge is 2.46. The summed E-state index contributed by atoms with van der Waals surface area (Å²) in [6, 6.07) is 9.52. The van der Waals surface area contributed by atoms with Gasteiger partial charge in [0.15, 0.2) is 0 Å². The van der Waals surface area contributed by atoms with Gasteiger partial charge in [0.25, 0.3) is 0 Å². The molecule has 9 heteroatoms. The monoisotopic (exact) mass is 454 g/mol. The molecule has 0 bridgehead atoms. The highest BCUT2D eigenvalue weighted by molar-refractivity contribution is 5.42. The molecule has 1 unspecified atom stereocenters. The topological polar surface area (TPSA) is 120 Å². The maximum absolute atomic E-state index is 14.9. The van der Waals surface area contributed by atoms with Gasteiger partial charge in [0.2, 0.25) is 6.29 Å². The van der Waals surface area contributed by atoms with Crippen LogP contribution >= 0.6 is 0 Å². The Morgan fingerprint density at radius 2 is 1.66 bits per heavy atom. The first-order chi connectivity index (χ1) is 15.2. The van der Waals surface area contributed by atoms with Crippen molar-refractivity contribution in [1.29, 1.82) is 0 Å². The number of hydrogen-bond donors (Lipinski definition) is 5. The van der Waals surface area contributed by atoms with Crippen molar-refractivity contribution in [2.75, 3.05) is 6.67 Å². The lowest BCUT2D eigenvalue weighted by molar-refractivity contribution is -0.286. The molecule has 7 nitrogen and oxygen atoms in total. The van der Waals surface area contributed by atoms with E-state index in [0.717, 1.165) is 17.2 Å². The van der Waals surface area contributed by atoms with Crippen LogP contribution in [-0.2, 0) is 24.2 Å². The van der Waals surface area contributed by atoms with Crippen LogP contribution in [0.4, 0.5) is 8.78 Å². The van der Waals surface area contributed by atoms with E-state index < -0.39 is 55.9 Å². The summed E-state index contributed by atoms with van der Waals surface area (Å²) in [4.78, 5) is 0. The molecule has 176 valence electrons. The summed E-state index contributed by atoms with van der Waals surface area (Å²) in [6.07, 6.45) is -8.43. The third kappa shape index (κ3) is 5.43. The number of alkyl halides is 1. The van der Waals surface area contributed by atoms with Crippen LogP contribution in [0, 0.1) is 5.82 Å². The Morgan fingerprint density at radius 3 is 2.25 bits per heavy atom. The molecule has 0 saturated carbocycles. The largest absolute Gasteiger partial charge is 0.462 e. The van der Waals surface area contributed by atoms with Gasteiger partial charge in [0.05, 0.1) is 19.4 Å². The van der Waals surface area contributed by atoms with Gasteiger partial charge in [-0.1, -0.05) is 24.3 Å². The van der Waals surface area contributed by atoms with E-state index in [1.54, 1.807) is 24.3 Å². The van der Waals surface area contributed by atoms with Gasteiger partial charge in [0.1, 0.15) is 36.0 Å². The van der Waals surface area contributed by atoms with E-state index in [2.05, 4.69) is 0 Å². The average Bonchev–Trinajstić information content (AvgIpc) is 2.77. The molecule has 1 fully saturated rings. The number of aryl methyl sites for hydroxylation is 1. The zero-order valence-electron chi connectivity index (χ0n) is 17.6. The first-order valence-corrected chi connectivity index (χ1v) is 10.4. The molecule has 0 aromatic heterocycles. The molecule has 0 aliphatic carbocycles. The number of ether oxygens (including phenoxy) is 2.